The van der Waals surface area contributed by atoms with Crippen molar-refractivity contribution < 1.29 is 9.59 Å². The van der Waals surface area contributed by atoms with Gasteiger partial charge in [0, 0.05) is 32.5 Å². The molecule has 1 fully saturated rings. The van der Waals surface area contributed by atoms with Crippen LogP contribution in [0.4, 0.5) is 0 Å². The van der Waals surface area contributed by atoms with Gasteiger partial charge in [0.15, 0.2) is 0 Å². The first kappa shape index (κ1) is 14.6. The summed E-state index contributed by atoms with van der Waals surface area (Å²) < 4.78 is 1.83. The summed E-state index contributed by atoms with van der Waals surface area (Å²) in [5.74, 6) is 0.874. The van der Waals surface area contributed by atoms with Gasteiger partial charge >= 0.3 is 0 Å². The average Bonchev–Trinajstić information content (AvgIpc) is 2.83. The smallest absolute Gasteiger partial charge is 0.242 e. The van der Waals surface area contributed by atoms with Crippen LogP contribution in [-0.4, -0.2) is 46.4 Å². The van der Waals surface area contributed by atoms with Gasteiger partial charge in [-0.2, -0.15) is 0 Å². The molecule has 1 aliphatic rings. The Hall–Kier alpha value is -1.85. The molecule has 0 bridgehead atoms. The van der Waals surface area contributed by atoms with Crippen LogP contribution in [0, 0.1) is 12.3 Å². The molecule has 2 heterocycles. The Morgan fingerprint density at radius 1 is 1.50 bits per heavy atom. The van der Waals surface area contributed by atoms with Gasteiger partial charge in [0.25, 0.3) is 0 Å². The summed E-state index contributed by atoms with van der Waals surface area (Å²) >= 11 is 0. The van der Waals surface area contributed by atoms with E-state index in [1.807, 2.05) is 18.4 Å². The van der Waals surface area contributed by atoms with Gasteiger partial charge in [-0.25, -0.2) is 4.98 Å². The van der Waals surface area contributed by atoms with Gasteiger partial charge in [-0.1, -0.05) is 0 Å². The van der Waals surface area contributed by atoms with Gasteiger partial charge in [0.05, 0.1) is 5.41 Å². The van der Waals surface area contributed by atoms with Gasteiger partial charge in [-0.15, -0.1) is 0 Å². The first-order chi connectivity index (χ1) is 9.46. The number of hydrogen-bond donors (Lipinski definition) is 1. The fourth-order valence-corrected chi connectivity index (χ4v) is 2.76. The number of nitrogens with one attached hydrogen (secondary N) is 1. The second kappa shape index (κ2) is 5.64. The van der Waals surface area contributed by atoms with Crippen LogP contribution in [0.1, 0.15) is 25.6 Å². The number of aromatic nitrogens is 2. The largest absolute Gasteiger partial charge is 0.359 e. The number of hydrogen-bond acceptors (Lipinski definition) is 3. The fraction of sp³-hybridized carbons (Fsp3) is 0.643. The maximum atomic E-state index is 12.4. The number of piperidine rings is 1. The lowest BCUT2D eigenvalue weighted by Crippen LogP contribution is -2.51. The zero-order valence-corrected chi connectivity index (χ0v) is 12.3. The summed E-state index contributed by atoms with van der Waals surface area (Å²) in [5, 5.41) is 2.70. The molecule has 1 unspecified atom stereocenters. The molecule has 0 aliphatic carbocycles. The lowest BCUT2D eigenvalue weighted by Gasteiger charge is -2.39. The molecule has 0 aromatic carbocycles. The van der Waals surface area contributed by atoms with Crippen LogP contribution >= 0.6 is 0 Å². The fourth-order valence-electron chi connectivity index (χ4n) is 2.76. The van der Waals surface area contributed by atoms with Gasteiger partial charge < -0.3 is 14.8 Å². The van der Waals surface area contributed by atoms with Crippen molar-refractivity contribution in [3.8, 4) is 0 Å². The van der Waals surface area contributed by atoms with Crippen molar-refractivity contribution in [2.75, 3.05) is 20.1 Å². The molecule has 6 nitrogen and oxygen atoms in total. The Bertz CT molecular complexity index is 511. The minimum atomic E-state index is -0.480. The highest BCUT2D eigenvalue weighted by Crippen LogP contribution is 2.29. The van der Waals surface area contributed by atoms with Crippen LogP contribution in [0.15, 0.2) is 12.4 Å². The summed E-state index contributed by atoms with van der Waals surface area (Å²) in [7, 11) is 1.64. The van der Waals surface area contributed by atoms with E-state index in [2.05, 4.69) is 10.3 Å². The minimum absolute atomic E-state index is 0.00816. The van der Waals surface area contributed by atoms with E-state index in [-0.39, 0.29) is 18.4 Å². The first-order valence-corrected chi connectivity index (χ1v) is 6.94. The van der Waals surface area contributed by atoms with Crippen molar-refractivity contribution in [2.24, 2.45) is 5.41 Å². The van der Waals surface area contributed by atoms with Crippen molar-refractivity contribution in [3.63, 3.8) is 0 Å². The standard InChI is InChI=1S/C14H22N4O2/c1-11-16-6-8-17(11)9-12(19)18-7-4-5-14(2,10-18)13(20)15-3/h6,8H,4-5,7,9-10H2,1-3H3,(H,15,20). The van der Waals surface area contributed by atoms with Crippen LogP contribution in [0.2, 0.25) is 0 Å². The Balaban J connectivity index is 2.04. The highest BCUT2D eigenvalue weighted by atomic mass is 16.2. The number of aryl methyl sites for hydroxylation is 1. The van der Waals surface area contributed by atoms with Gasteiger partial charge in [-0.05, 0) is 26.7 Å². The molecule has 1 N–H and O–H groups in total. The average molecular weight is 278 g/mol. The molecule has 2 amide bonds. The van der Waals surface area contributed by atoms with E-state index in [1.165, 1.54) is 0 Å². The molecule has 2 rings (SSSR count). The van der Waals surface area contributed by atoms with Gasteiger partial charge in [0.1, 0.15) is 12.4 Å². The van der Waals surface area contributed by atoms with E-state index in [0.717, 1.165) is 25.2 Å². The van der Waals surface area contributed by atoms with Crippen LogP contribution in [0.25, 0.3) is 0 Å². The summed E-state index contributed by atoms with van der Waals surface area (Å²) in [6.45, 7) is 5.29. The monoisotopic (exact) mass is 278 g/mol. The van der Waals surface area contributed by atoms with Crippen LogP contribution in [0.3, 0.4) is 0 Å². The van der Waals surface area contributed by atoms with E-state index in [0.29, 0.717) is 6.54 Å². The number of carbonyl (C=O) groups is 2. The molecule has 1 aliphatic heterocycles. The molecule has 0 radical (unpaired) electrons. The maximum Gasteiger partial charge on any atom is 0.242 e. The summed E-state index contributed by atoms with van der Waals surface area (Å²) in [6.07, 6.45) is 5.17. The Labute approximate surface area is 119 Å². The van der Waals surface area contributed by atoms with Crippen molar-refractivity contribution in [1.82, 2.24) is 19.8 Å². The predicted octanol–water partition coefficient (Wildman–Crippen LogP) is 0.566. The SMILES string of the molecule is CNC(=O)C1(C)CCCN(C(=O)Cn2ccnc2C)C1. The van der Waals surface area contributed by atoms with Crippen LogP contribution in [-0.2, 0) is 16.1 Å². The van der Waals surface area contributed by atoms with E-state index in [1.54, 1.807) is 24.3 Å². The third kappa shape index (κ3) is 2.84. The van der Waals surface area contributed by atoms with Crippen molar-refractivity contribution >= 4 is 11.8 Å². The first-order valence-electron chi connectivity index (χ1n) is 6.94. The normalized spacial score (nSPS) is 22.6. The van der Waals surface area contributed by atoms with Crippen LogP contribution < -0.4 is 5.32 Å². The molecular formula is C14H22N4O2. The third-order valence-corrected chi connectivity index (χ3v) is 4.05. The lowest BCUT2D eigenvalue weighted by molar-refractivity contribution is -0.140. The summed E-state index contributed by atoms with van der Waals surface area (Å²) in [6, 6.07) is 0. The number of rotatable bonds is 3. The van der Waals surface area contributed by atoms with Crippen LogP contribution in [0.5, 0.6) is 0 Å². The van der Waals surface area contributed by atoms with Gasteiger partial charge in [-0.3, -0.25) is 9.59 Å². The Morgan fingerprint density at radius 3 is 2.85 bits per heavy atom. The molecule has 1 aromatic heterocycles. The molecule has 20 heavy (non-hydrogen) atoms. The highest BCUT2D eigenvalue weighted by molar-refractivity contribution is 5.84. The maximum absolute atomic E-state index is 12.4. The molecule has 6 heteroatoms. The number of imidazole rings is 1. The van der Waals surface area contributed by atoms with E-state index < -0.39 is 5.41 Å². The summed E-state index contributed by atoms with van der Waals surface area (Å²) in [4.78, 5) is 30.2. The molecule has 110 valence electrons. The second-order valence-corrected chi connectivity index (χ2v) is 5.66. The Kier molecular flexibility index (Phi) is 4.11. The minimum Gasteiger partial charge on any atom is -0.359 e. The molecule has 1 saturated heterocycles. The second-order valence-electron chi connectivity index (χ2n) is 5.66. The van der Waals surface area contributed by atoms with E-state index >= 15 is 0 Å². The van der Waals surface area contributed by atoms with Gasteiger partial charge in [0.2, 0.25) is 11.8 Å². The van der Waals surface area contributed by atoms with Crippen molar-refractivity contribution in [3.05, 3.63) is 18.2 Å². The third-order valence-electron chi connectivity index (χ3n) is 4.05. The topological polar surface area (TPSA) is 67.2 Å². The van der Waals surface area contributed by atoms with Crippen molar-refractivity contribution in [2.45, 2.75) is 33.2 Å². The van der Waals surface area contributed by atoms with E-state index in [4.69, 9.17) is 0 Å². The van der Waals surface area contributed by atoms with Crippen molar-refractivity contribution in [1.29, 1.82) is 0 Å². The molecule has 1 aromatic rings. The molecular weight excluding hydrogens is 256 g/mol. The molecule has 1 atom stereocenters. The van der Waals surface area contributed by atoms with E-state index in [9.17, 15) is 9.59 Å². The number of amides is 2. The molecule has 0 spiro atoms. The predicted molar refractivity (Wildman–Crippen MR) is 75.0 cm³/mol. The summed E-state index contributed by atoms with van der Waals surface area (Å²) in [5.41, 5.74) is -0.480. The zero-order chi connectivity index (χ0) is 14.8. The lowest BCUT2D eigenvalue weighted by atomic mass is 9.81. The number of likely N-dealkylation sites (tertiary alicyclic amines) is 1. The number of carbonyl (C=O) groups excluding carboxylic acids is 2. The zero-order valence-electron chi connectivity index (χ0n) is 12.3. The highest BCUT2D eigenvalue weighted by Gasteiger charge is 2.38. The number of nitrogens with zero attached hydrogens (tertiary/aromatic N) is 3. The quantitative estimate of drug-likeness (QED) is 0.879. The molecule has 0 saturated carbocycles. The Morgan fingerprint density at radius 2 is 2.25 bits per heavy atom.